The molecule has 1 amide bonds. The molecule has 0 unspecified atom stereocenters. The molecule has 0 saturated carbocycles. The standard InChI is InChI=1S/C20H19N5O6S/c1-12-8-9-14(11-15(12)23-32(3,30)31)21-20(27)19-18(26)10-13(2)24(22-19)16-6-4-5-7-17(16)25(28)29/h4-11,23H,1-3H3,(H,21,27). The Balaban J connectivity index is 2.00. The Kier molecular flexibility index (Phi) is 6.07. The van der Waals surface area contributed by atoms with Crippen molar-refractivity contribution in [3.8, 4) is 5.69 Å². The monoisotopic (exact) mass is 457 g/mol. The van der Waals surface area contributed by atoms with Crippen LogP contribution in [0.5, 0.6) is 0 Å². The van der Waals surface area contributed by atoms with Crippen LogP contribution in [-0.2, 0) is 10.0 Å². The number of para-hydroxylation sites is 2. The van der Waals surface area contributed by atoms with E-state index in [-0.39, 0.29) is 22.7 Å². The van der Waals surface area contributed by atoms with Gasteiger partial charge >= 0.3 is 0 Å². The highest BCUT2D eigenvalue weighted by Crippen LogP contribution is 2.23. The molecule has 0 aliphatic rings. The van der Waals surface area contributed by atoms with Crippen LogP contribution in [0.3, 0.4) is 0 Å². The number of nitro benzene ring substituents is 1. The molecule has 12 heteroatoms. The van der Waals surface area contributed by atoms with Crippen LogP contribution in [-0.4, -0.2) is 35.3 Å². The summed E-state index contributed by atoms with van der Waals surface area (Å²) in [6.45, 7) is 3.22. The second-order valence-corrected chi connectivity index (χ2v) is 8.76. The van der Waals surface area contributed by atoms with Crippen molar-refractivity contribution in [2.24, 2.45) is 0 Å². The number of aromatic nitrogens is 2. The van der Waals surface area contributed by atoms with Crippen LogP contribution in [0, 0.1) is 24.0 Å². The van der Waals surface area contributed by atoms with E-state index in [0.717, 1.165) is 17.0 Å². The summed E-state index contributed by atoms with van der Waals surface area (Å²) in [4.78, 5) is 36.0. The van der Waals surface area contributed by atoms with Crippen molar-refractivity contribution in [2.75, 3.05) is 16.3 Å². The summed E-state index contributed by atoms with van der Waals surface area (Å²) in [6.07, 6.45) is 0.999. The summed E-state index contributed by atoms with van der Waals surface area (Å²) in [7, 11) is -3.54. The van der Waals surface area contributed by atoms with Crippen molar-refractivity contribution in [2.45, 2.75) is 13.8 Å². The van der Waals surface area contributed by atoms with Gasteiger partial charge in [0.1, 0.15) is 5.69 Å². The number of sulfonamides is 1. The lowest BCUT2D eigenvalue weighted by molar-refractivity contribution is -0.384. The molecule has 166 valence electrons. The molecule has 0 aliphatic heterocycles. The summed E-state index contributed by atoms with van der Waals surface area (Å²) in [5.74, 6) is -0.850. The lowest BCUT2D eigenvalue weighted by Gasteiger charge is -2.13. The maximum Gasteiger partial charge on any atom is 0.294 e. The predicted molar refractivity (Wildman–Crippen MR) is 119 cm³/mol. The van der Waals surface area contributed by atoms with Crippen LogP contribution < -0.4 is 15.5 Å². The van der Waals surface area contributed by atoms with Crippen molar-refractivity contribution in [3.63, 3.8) is 0 Å². The lowest BCUT2D eigenvalue weighted by atomic mass is 10.2. The number of nitrogens with zero attached hydrogens (tertiary/aromatic N) is 3. The number of rotatable bonds is 6. The van der Waals surface area contributed by atoms with Gasteiger partial charge in [-0.05, 0) is 37.6 Å². The molecular formula is C20H19N5O6S. The quantitative estimate of drug-likeness (QED) is 0.425. The van der Waals surface area contributed by atoms with E-state index in [1.54, 1.807) is 19.1 Å². The molecule has 0 spiro atoms. The summed E-state index contributed by atoms with van der Waals surface area (Å²) in [5, 5.41) is 17.9. The minimum atomic E-state index is -3.54. The number of amides is 1. The van der Waals surface area contributed by atoms with Crippen molar-refractivity contribution < 1.29 is 18.1 Å². The number of benzene rings is 2. The maximum atomic E-state index is 12.8. The Morgan fingerprint density at radius 3 is 2.47 bits per heavy atom. The molecule has 0 fully saturated rings. The Labute approximate surface area is 182 Å². The molecule has 0 atom stereocenters. The fourth-order valence-electron chi connectivity index (χ4n) is 2.95. The lowest BCUT2D eigenvalue weighted by Crippen LogP contribution is -2.27. The Morgan fingerprint density at radius 2 is 1.81 bits per heavy atom. The molecule has 1 heterocycles. The minimum Gasteiger partial charge on any atom is -0.320 e. The molecule has 3 rings (SSSR count). The van der Waals surface area contributed by atoms with E-state index >= 15 is 0 Å². The minimum absolute atomic E-state index is 0.0963. The Hall–Kier alpha value is -4.06. The smallest absolute Gasteiger partial charge is 0.294 e. The molecule has 2 N–H and O–H groups in total. The molecule has 32 heavy (non-hydrogen) atoms. The molecule has 0 aliphatic carbocycles. The van der Waals surface area contributed by atoms with E-state index in [0.29, 0.717) is 11.3 Å². The van der Waals surface area contributed by atoms with Crippen molar-refractivity contribution in [1.29, 1.82) is 0 Å². The van der Waals surface area contributed by atoms with Crippen LogP contribution in [0.25, 0.3) is 5.69 Å². The third-order valence-electron chi connectivity index (χ3n) is 4.42. The van der Waals surface area contributed by atoms with Gasteiger partial charge in [-0.1, -0.05) is 18.2 Å². The van der Waals surface area contributed by atoms with Crippen LogP contribution in [0.1, 0.15) is 21.7 Å². The highest BCUT2D eigenvalue weighted by molar-refractivity contribution is 7.92. The van der Waals surface area contributed by atoms with E-state index in [1.165, 1.54) is 37.3 Å². The van der Waals surface area contributed by atoms with E-state index in [2.05, 4.69) is 15.1 Å². The second kappa shape index (κ2) is 8.59. The average molecular weight is 457 g/mol. The van der Waals surface area contributed by atoms with Crippen molar-refractivity contribution in [3.05, 3.63) is 85.8 Å². The normalized spacial score (nSPS) is 11.1. The molecule has 1 aromatic heterocycles. The topological polar surface area (TPSA) is 153 Å². The highest BCUT2D eigenvalue weighted by Gasteiger charge is 2.20. The highest BCUT2D eigenvalue weighted by atomic mass is 32.2. The number of carbonyl (C=O) groups is 1. The fraction of sp³-hybridized carbons (Fsp3) is 0.150. The Bertz CT molecular complexity index is 1400. The molecule has 0 saturated heterocycles. The van der Waals surface area contributed by atoms with Gasteiger partial charge in [0.25, 0.3) is 11.6 Å². The first kappa shape index (κ1) is 22.6. The number of nitrogens with one attached hydrogen (secondary N) is 2. The molecule has 0 radical (unpaired) electrons. The van der Waals surface area contributed by atoms with Crippen LogP contribution >= 0.6 is 0 Å². The Morgan fingerprint density at radius 1 is 1.12 bits per heavy atom. The third kappa shape index (κ3) is 4.98. The maximum absolute atomic E-state index is 12.8. The zero-order chi connectivity index (χ0) is 23.6. The second-order valence-electron chi connectivity index (χ2n) is 7.01. The summed E-state index contributed by atoms with van der Waals surface area (Å²) in [6, 6.07) is 11.5. The number of anilines is 2. The zero-order valence-corrected chi connectivity index (χ0v) is 18.1. The van der Waals surface area contributed by atoms with Crippen molar-refractivity contribution in [1.82, 2.24) is 9.78 Å². The number of hydrogen-bond donors (Lipinski definition) is 2. The van der Waals surface area contributed by atoms with Gasteiger partial charge in [-0.25, -0.2) is 13.1 Å². The SMILES string of the molecule is Cc1ccc(NC(=O)c2nn(-c3ccccc3[N+](=O)[O-])c(C)cc2=O)cc1NS(C)(=O)=O. The predicted octanol–water partition coefficient (Wildman–Crippen LogP) is 2.38. The van der Waals surface area contributed by atoms with E-state index in [4.69, 9.17) is 0 Å². The van der Waals surface area contributed by atoms with Gasteiger partial charge in [-0.3, -0.25) is 24.4 Å². The van der Waals surface area contributed by atoms with E-state index in [1.807, 2.05) is 0 Å². The molecule has 11 nitrogen and oxygen atoms in total. The van der Waals surface area contributed by atoms with Crippen LogP contribution in [0.2, 0.25) is 0 Å². The number of aryl methyl sites for hydroxylation is 2. The summed E-state index contributed by atoms with van der Waals surface area (Å²) < 4.78 is 26.6. The number of nitro groups is 1. The molecule has 2 aromatic carbocycles. The summed E-state index contributed by atoms with van der Waals surface area (Å²) >= 11 is 0. The third-order valence-corrected chi connectivity index (χ3v) is 5.01. The van der Waals surface area contributed by atoms with Crippen LogP contribution in [0.15, 0.2) is 53.3 Å². The first-order chi connectivity index (χ1) is 15.0. The van der Waals surface area contributed by atoms with Gasteiger partial charge in [-0.15, -0.1) is 0 Å². The van der Waals surface area contributed by atoms with Crippen molar-refractivity contribution >= 4 is 33.0 Å². The average Bonchev–Trinajstić information content (AvgIpc) is 2.69. The zero-order valence-electron chi connectivity index (χ0n) is 17.3. The number of hydrogen-bond acceptors (Lipinski definition) is 7. The van der Waals surface area contributed by atoms with E-state index in [9.17, 15) is 28.1 Å². The van der Waals surface area contributed by atoms with Gasteiger partial charge in [0.15, 0.2) is 5.69 Å². The van der Waals surface area contributed by atoms with Gasteiger partial charge in [-0.2, -0.15) is 5.10 Å². The first-order valence-electron chi connectivity index (χ1n) is 9.21. The van der Waals surface area contributed by atoms with Gasteiger partial charge in [0, 0.05) is 23.5 Å². The summed E-state index contributed by atoms with van der Waals surface area (Å²) in [5.41, 5.74) is 0.122. The number of carbonyl (C=O) groups excluding carboxylic acids is 1. The van der Waals surface area contributed by atoms with E-state index < -0.39 is 32.0 Å². The van der Waals surface area contributed by atoms with Gasteiger partial charge < -0.3 is 5.32 Å². The van der Waals surface area contributed by atoms with Gasteiger partial charge in [0.05, 0.1) is 16.9 Å². The fourth-order valence-corrected chi connectivity index (χ4v) is 3.57. The van der Waals surface area contributed by atoms with Crippen LogP contribution in [0.4, 0.5) is 17.1 Å². The van der Waals surface area contributed by atoms with Gasteiger partial charge in [0.2, 0.25) is 15.5 Å². The molecular weight excluding hydrogens is 438 g/mol. The first-order valence-corrected chi connectivity index (χ1v) is 11.1. The largest absolute Gasteiger partial charge is 0.320 e. The molecule has 0 bridgehead atoms. The molecule has 3 aromatic rings.